The molecule has 1 aromatic rings. The first-order valence-electron chi connectivity index (χ1n) is 6.85. The lowest BCUT2D eigenvalue weighted by molar-refractivity contribution is -0.0575. The van der Waals surface area contributed by atoms with E-state index in [0.717, 1.165) is 25.4 Å². The number of nitrogens with zero attached hydrogens (tertiary/aromatic N) is 2. The normalized spacial score (nSPS) is 16.6. The minimum atomic E-state index is -0.203. The summed E-state index contributed by atoms with van der Waals surface area (Å²) in [6.45, 7) is 12.2. The van der Waals surface area contributed by atoms with Crippen molar-refractivity contribution in [3.05, 3.63) is 17.7 Å². The Morgan fingerprint density at radius 3 is 2.50 bits per heavy atom. The molecule has 4 heteroatoms. The zero-order chi connectivity index (χ0) is 13.8. The zero-order valence-electron chi connectivity index (χ0n) is 12.6. The van der Waals surface area contributed by atoms with Gasteiger partial charge in [-0.2, -0.15) is 0 Å². The Labute approximate surface area is 111 Å². The number of aromatic nitrogens is 2. The van der Waals surface area contributed by atoms with Crippen molar-refractivity contribution in [3.63, 3.8) is 0 Å². The van der Waals surface area contributed by atoms with Crippen LogP contribution in [0.5, 0.6) is 0 Å². The van der Waals surface area contributed by atoms with Gasteiger partial charge < -0.3 is 14.6 Å². The minimum Gasteiger partial charge on any atom is -0.374 e. The summed E-state index contributed by atoms with van der Waals surface area (Å²) >= 11 is 0. The van der Waals surface area contributed by atoms with Crippen molar-refractivity contribution in [3.8, 4) is 0 Å². The largest absolute Gasteiger partial charge is 0.374 e. The topological polar surface area (TPSA) is 39.1 Å². The predicted molar refractivity (Wildman–Crippen MR) is 74.7 cm³/mol. The van der Waals surface area contributed by atoms with Crippen LogP contribution in [0.3, 0.4) is 0 Å². The van der Waals surface area contributed by atoms with E-state index in [4.69, 9.17) is 4.74 Å². The van der Waals surface area contributed by atoms with Crippen molar-refractivity contribution in [1.29, 1.82) is 0 Å². The van der Waals surface area contributed by atoms with Crippen molar-refractivity contribution in [2.24, 2.45) is 7.05 Å². The maximum absolute atomic E-state index is 6.01. The first-order chi connectivity index (χ1) is 8.50. The van der Waals surface area contributed by atoms with Gasteiger partial charge in [-0.15, -0.1) is 0 Å². The Kier molecular flexibility index (Phi) is 5.35. The molecule has 0 spiro atoms. The molecule has 0 fully saturated rings. The lowest BCUT2D eigenvalue weighted by Crippen LogP contribution is -2.44. The fourth-order valence-electron chi connectivity index (χ4n) is 2.34. The van der Waals surface area contributed by atoms with Crippen molar-refractivity contribution in [1.82, 2.24) is 14.9 Å². The molecule has 1 heterocycles. The lowest BCUT2D eigenvalue weighted by Gasteiger charge is -2.37. The summed E-state index contributed by atoms with van der Waals surface area (Å²) in [5, 5.41) is 3.54. The molecule has 4 nitrogen and oxygen atoms in total. The third kappa shape index (κ3) is 2.93. The molecule has 0 saturated carbocycles. The molecule has 1 rings (SSSR count). The Morgan fingerprint density at radius 2 is 2.11 bits per heavy atom. The average molecular weight is 253 g/mol. The quantitative estimate of drug-likeness (QED) is 0.812. The van der Waals surface area contributed by atoms with Crippen LogP contribution in [0.4, 0.5) is 0 Å². The molecule has 0 bridgehead atoms. The summed E-state index contributed by atoms with van der Waals surface area (Å²) in [5.74, 6) is 1.03. The number of likely N-dealkylation sites (N-methyl/N-ethyl adjacent to an activating group) is 1. The van der Waals surface area contributed by atoms with E-state index >= 15 is 0 Å². The Hall–Kier alpha value is -0.870. The number of ether oxygens (including phenoxy) is 1. The molecule has 0 aliphatic rings. The van der Waals surface area contributed by atoms with Crippen LogP contribution < -0.4 is 5.32 Å². The van der Waals surface area contributed by atoms with Crippen LogP contribution in [0.1, 0.15) is 51.7 Å². The molecule has 0 amide bonds. The summed E-state index contributed by atoms with van der Waals surface area (Å²) in [7, 11) is 2.06. The highest BCUT2D eigenvalue weighted by molar-refractivity contribution is 5.14. The van der Waals surface area contributed by atoms with Crippen molar-refractivity contribution >= 4 is 0 Å². The molecule has 1 N–H and O–H groups in total. The Morgan fingerprint density at radius 1 is 1.44 bits per heavy atom. The Balaban J connectivity index is 3.12. The highest BCUT2D eigenvalue weighted by atomic mass is 16.5. The molecule has 2 atom stereocenters. The van der Waals surface area contributed by atoms with E-state index in [1.54, 1.807) is 0 Å². The van der Waals surface area contributed by atoms with Gasteiger partial charge >= 0.3 is 0 Å². The predicted octanol–water partition coefficient (Wildman–Crippen LogP) is 2.58. The molecule has 0 aliphatic carbocycles. The number of hydrogen-bond donors (Lipinski definition) is 1. The summed E-state index contributed by atoms with van der Waals surface area (Å²) in [6, 6.07) is 0.165. The summed E-state index contributed by atoms with van der Waals surface area (Å²) in [5.41, 5.74) is 0.984. The van der Waals surface area contributed by atoms with Crippen molar-refractivity contribution < 1.29 is 4.74 Å². The summed E-state index contributed by atoms with van der Waals surface area (Å²) < 4.78 is 8.15. The number of nitrogens with one attached hydrogen (secondary N) is 1. The van der Waals surface area contributed by atoms with E-state index in [0.29, 0.717) is 0 Å². The first-order valence-corrected chi connectivity index (χ1v) is 6.85. The van der Waals surface area contributed by atoms with Gasteiger partial charge in [0.2, 0.25) is 0 Å². The maximum atomic E-state index is 6.01. The molecule has 0 radical (unpaired) electrons. The van der Waals surface area contributed by atoms with Crippen molar-refractivity contribution in [2.75, 3.05) is 13.2 Å². The van der Waals surface area contributed by atoms with Gasteiger partial charge in [0, 0.05) is 13.7 Å². The second kappa shape index (κ2) is 6.34. The SMILES string of the molecule is CCNC(c1cnc(C)n1C)C(C)(CC)OCC. The van der Waals surface area contributed by atoms with Gasteiger partial charge in [0.15, 0.2) is 0 Å². The minimum absolute atomic E-state index is 0.165. The van der Waals surface area contributed by atoms with Gasteiger partial charge in [0.05, 0.1) is 23.5 Å². The number of imidazole rings is 1. The lowest BCUT2D eigenvalue weighted by atomic mass is 9.90. The molecular formula is C14H27N3O. The van der Waals surface area contributed by atoms with E-state index in [1.807, 2.05) is 20.0 Å². The van der Waals surface area contributed by atoms with E-state index in [9.17, 15) is 0 Å². The number of hydrogen-bond acceptors (Lipinski definition) is 3. The average Bonchev–Trinajstić information content (AvgIpc) is 2.67. The highest BCUT2D eigenvalue weighted by Crippen LogP contribution is 2.32. The second-order valence-corrected chi connectivity index (χ2v) is 4.88. The molecule has 18 heavy (non-hydrogen) atoms. The molecule has 104 valence electrons. The van der Waals surface area contributed by atoms with Gasteiger partial charge in [0.1, 0.15) is 5.82 Å². The van der Waals surface area contributed by atoms with Gasteiger partial charge in [0.25, 0.3) is 0 Å². The van der Waals surface area contributed by atoms with Gasteiger partial charge in [-0.1, -0.05) is 13.8 Å². The third-order valence-electron chi connectivity index (χ3n) is 3.75. The van der Waals surface area contributed by atoms with Crippen LogP contribution in [0.25, 0.3) is 0 Å². The van der Waals surface area contributed by atoms with E-state index < -0.39 is 0 Å². The smallest absolute Gasteiger partial charge is 0.105 e. The third-order valence-corrected chi connectivity index (χ3v) is 3.75. The van der Waals surface area contributed by atoms with Gasteiger partial charge in [-0.25, -0.2) is 4.98 Å². The maximum Gasteiger partial charge on any atom is 0.105 e. The van der Waals surface area contributed by atoms with Crippen LogP contribution in [0, 0.1) is 6.92 Å². The van der Waals surface area contributed by atoms with Crippen LogP contribution >= 0.6 is 0 Å². The standard InChI is InChI=1S/C14H27N3O/c1-7-14(5,18-9-3)13(15-8-2)12-10-16-11(4)17(12)6/h10,13,15H,7-9H2,1-6H3. The number of rotatable bonds is 7. The van der Waals surface area contributed by atoms with Crippen LogP contribution in [-0.2, 0) is 11.8 Å². The zero-order valence-corrected chi connectivity index (χ0v) is 12.6. The number of aryl methyl sites for hydroxylation is 1. The second-order valence-electron chi connectivity index (χ2n) is 4.88. The highest BCUT2D eigenvalue weighted by Gasteiger charge is 2.35. The van der Waals surface area contributed by atoms with E-state index in [-0.39, 0.29) is 11.6 Å². The van der Waals surface area contributed by atoms with Gasteiger partial charge in [-0.05, 0) is 33.7 Å². The van der Waals surface area contributed by atoms with Crippen molar-refractivity contribution in [2.45, 2.75) is 52.7 Å². The monoisotopic (exact) mass is 253 g/mol. The summed E-state index contributed by atoms with van der Waals surface area (Å²) in [4.78, 5) is 4.39. The molecule has 0 saturated heterocycles. The van der Waals surface area contributed by atoms with Crippen LogP contribution in [0.15, 0.2) is 6.20 Å². The molecule has 1 aromatic heterocycles. The van der Waals surface area contributed by atoms with Crippen LogP contribution in [-0.4, -0.2) is 28.3 Å². The Bertz CT molecular complexity index is 375. The fourth-order valence-corrected chi connectivity index (χ4v) is 2.34. The fraction of sp³-hybridized carbons (Fsp3) is 0.786. The van der Waals surface area contributed by atoms with E-state index in [2.05, 4.69) is 42.7 Å². The van der Waals surface area contributed by atoms with Crippen LogP contribution in [0.2, 0.25) is 0 Å². The molecule has 0 aromatic carbocycles. The summed E-state index contributed by atoms with van der Waals surface area (Å²) in [6.07, 6.45) is 2.92. The molecule has 0 aliphatic heterocycles. The molecule has 2 unspecified atom stereocenters. The first kappa shape index (κ1) is 15.2. The van der Waals surface area contributed by atoms with Gasteiger partial charge in [-0.3, -0.25) is 0 Å². The molecular weight excluding hydrogens is 226 g/mol. The van der Waals surface area contributed by atoms with E-state index in [1.165, 1.54) is 5.69 Å².